The maximum absolute atomic E-state index is 14.1. The van der Waals surface area contributed by atoms with Crippen LogP contribution in [0.15, 0.2) is 80.9 Å². The number of hydrogen-bond donors (Lipinski definition) is 0. The van der Waals surface area contributed by atoms with Crippen LogP contribution < -0.4 is 0 Å². The third kappa shape index (κ3) is 3.08. The van der Waals surface area contributed by atoms with E-state index in [1.807, 2.05) is 24.3 Å². The molecular formula is C20H14BrFN2O2. The number of carbonyl (C=O) groups excluding carboxylic acids is 1. The van der Waals surface area contributed by atoms with E-state index in [1.54, 1.807) is 30.5 Å². The van der Waals surface area contributed by atoms with Gasteiger partial charge in [-0.15, -0.1) is 0 Å². The van der Waals surface area contributed by atoms with Gasteiger partial charge in [-0.1, -0.05) is 40.2 Å². The van der Waals surface area contributed by atoms with Crippen molar-refractivity contribution in [2.24, 2.45) is 5.10 Å². The molecule has 1 aliphatic rings. The Balaban J connectivity index is 1.76. The van der Waals surface area contributed by atoms with Crippen LogP contribution in [0.2, 0.25) is 0 Å². The predicted molar refractivity (Wildman–Crippen MR) is 99.3 cm³/mol. The van der Waals surface area contributed by atoms with Crippen LogP contribution in [0.3, 0.4) is 0 Å². The Morgan fingerprint density at radius 1 is 1.15 bits per heavy atom. The number of rotatable bonds is 3. The van der Waals surface area contributed by atoms with Crippen LogP contribution in [0.5, 0.6) is 0 Å². The molecule has 2 heterocycles. The van der Waals surface area contributed by atoms with Gasteiger partial charge in [0, 0.05) is 10.9 Å². The standard InChI is InChI=1S/C20H14BrFN2O2/c21-14-6-3-5-13(11-14)18-12-17(19-9-4-10-26-19)23-24(18)20(25)15-7-1-2-8-16(15)22/h1-11,18H,12H2/t18-/m0/s1. The monoisotopic (exact) mass is 412 g/mol. The zero-order valence-electron chi connectivity index (χ0n) is 13.6. The summed E-state index contributed by atoms with van der Waals surface area (Å²) in [4.78, 5) is 13.0. The van der Waals surface area contributed by atoms with Gasteiger partial charge in [-0.3, -0.25) is 4.79 Å². The molecule has 4 rings (SSSR count). The molecule has 1 aromatic heterocycles. The molecule has 6 heteroatoms. The summed E-state index contributed by atoms with van der Waals surface area (Å²) in [6.07, 6.45) is 2.05. The first-order valence-electron chi connectivity index (χ1n) is 8.08. The highest BCUT2D eigenvalue weighted by Crippen LogP contribution is 2.35. The molecule has 3 aromatic rings. The lowest BCUT2D eigenvalue weighted by molar-refractivity contribution is 0.0706. The normalized spacial score (nSPS) is 16.6. The Labute approximate surface area is 158 Å². The number of furan rings is 1. The van der Waals surface area contributed by atoms with E-state index in [4.69, 9.17) is 4.42 Å². The number of halogens is 2. The van der Waals surface area contributed by atoms with Crippen molar-refractivity contribution in [3.8, 4) is 0 Å². The molecule has 0 N–H and O–H groups in total. The van der Waals surface area contributed by atoms with Crippen LogP contribution in [0.25, 0.3) is 0 Å². The van der Waals surface area contributed by atoms with Crippen molar-refractivity contribution < 1.29 is 13.6 Å². The molecule has 2 aromatic carbocycles. The summed E-state index contributed by atoms with van der Waals surface area (Å²) in [5.74, 6) is -0.435. The van der Waals surface area contributed by atoms with E-state index in [0.29, 0.717) is 17.9 Å². The Morgan fingerprint density at radius 3 is 2.73 bits per heavy atom. The van der Waals surface area contributed by atoms with Crippen molar-refractivity contribution >= 4 is 27.5 Å². The molecule has 26 heavy (non-hydrogen) atoms. The fourth-order valence-corrected chi connectivity index (χ4v) is 3.44. The van der Waals surface area contributed by atoms with E-state index in [-0.39, 0.29) is 11.6 Å². The first kappa shape index (κ1) is 16.7. The minimum Gasteiger partial charge on any atom is -0.463 e. The second kappa shape index (κ2) is 6.88. The number of hydrazone groups is 1. The topological polar surface area (TPSA) is 45.8 Å². The van der Waals surface area contributed by atoms with Gasteiger partial charge in [0.1, 0.15) is 17.3 Å². The molecule has 0 spiro atoms. The lowest BCUT2D eigenvalue weighted by Gasteiger charge is -2.22. The first-order valence-corrected chi connectivity index (χ1v) is 8.87. The van der Waals surface area contributed by atoms with E-state index in [0.717, 1.165) is 10.0 Å². The average molecular weight is 413 g/mol. The van der Waals surface area contributed by atoms with E-state index in [1.165, 1.54) is 17.1 Å². The van der Waals surface area contributed by atoms with Crippen LogP contribution >= 0.6 is 15.9 Å². The van der Waals surface area contributed by atoms with Gasteiger partial charge < -0.3 is 4.42 Å². The zero-order valence-corrected chi connectivity index (χ0v) is 15.2. The van der Waals surface area contributed by atoms with Crippen molar-refractivity contribution in [1.82, 2.24) is 5.01 Å². The molecule has 1 amide bonds. The van der Waals surface area contributed by atoms with Crippen LogP contribution in [-0.4, -0.2) is 16.6 Å². The van der Waals surface area contributed by atoms with Crippen LogP contribution in [0.1, 0.15) is 34.1 Å². The average Bonchev–Trinajstić information content (AvgIpc) is 3.31. The second-order valence-corrected chi connectivity index (χ2v) is 6.84. The third-order valence-electron chi connectivity index (χ3n) is 4.26. The van der Waals surface area contributed by atoms with Crippen molar-refractivity contribution in [3.63, 3.8) is 0 Å². The second-order valence-electron chi connectivity index (χ2n) is 5.93. The number of hydrogen-bond acceptors (Lipinski definition) is 3. The molecular weight excluding hydrogens is 399 g/mol. The molecule has 4 nitrogen and oxygen atoms in total. The highest BCUT2D eigenvalue weighted by Gasteiger charge is 2.35. The highest BCUT2D eigenvalue weighted by molar-refractivity contribution is 9.10. The smallest absolute Gasteiger partial charge is 0.277 e. The molecule has 1 atom stereocenters. The van der Waals surface area contributed by atoms with E-state index in [2.05, 4.69) is 21.0 Å². The van der Waals surface area contributed by atoms with E-state index < -0.39 is 11.7 Å². The largest absolute Gasteiger partial charge is 0.463 e. The summed E-state index contributed by atoms with van der Waals surface area (Å²) in [5.41, 5.74) is 1.57. The van der Waals surface area contributed by atoms with Gasteiger partial charge in [-0.05, 0) is 42.0 Å². The van der Waals surface area contributed by atoms with Gasteiger partial charge in [0.25, 0.3) is 5.91 Å². The summed E-state index contributed by atoms with van der Waals surface area (Å²) in [6, 6.07) is 16.8. The summed E-state index contributed by atoms with van der Waals surface area (Å²) in [7, 11) is 0. The number of benzene rings is 2. The van der Waals surface area contributed by atoms with E-state index >= 15 is 0 Å². The third-order valence-corrected chi connectivity index (χ3v) is 4.76. The van der Waals surface area contributed by atoms with Gasteiger partial charge in [0.05, 0.1) is 17.9 Å². The van der Waals surface area contributed by atoms with Gasteiger partial charge in [-0.2, -0.15) is 5.10 Å². The molecule has 0 unspecified atom stereocenters. The fourth-order valence-electron chi connectivity index (χ4n) is 3.02. The molecule has 0 saturated carbocycles. The first-order chi connectivity index (χ1) is 12.6. The predicted octanol–water partition coefficient (Wildman–Crippen LogP) is 5.17. The quantitative estimate of drug-likeness (QED) is 0.595. The SMILES string of the molecule is O=C(c1ccccc1F)N1N=C(c2ccco2)C[C@H]1c1cccc(Br)c1. The number of nitrogens with zero attached hydrogens (tertiary/aromatic N) is 2. The van der Waals surface area contributed by atoms with Gasteiger partial charge in [0.2, 0.25) is 0 Å². The summed E-state index contributed by atoms with van der Waals surface area (Å²) >= 11 is 3.46. The fraction of sp³-hybridized carbons (Fsp3) is 0.100. The minimum absolute atomic E-state index is 0.00283. The summed E-state index contributed by atoms with van der Waals surface area (Å²) < 4.78 is 20.5. The van der Waals surface area contributed by atoms with Crippen molar-refractivity contribution in [1.29, 1.82) is 0 Å². The maximum atomic E-state index is 14.1. The Morgan fingerprint density at radius 2 is 2.00 bits per heavy atom. The number of amides is 1. The molecule has 0 aliphatic carbocycles. The van der Waals surface area contributed by atoms with Crippen molar-refractivity contribution in [3.05, 3.63) is 94.1 Å². The molecule has 0 bridgehead atoms. The van der Waals surface area contributed by atoms with Crippen LogP contribution in [-0.2, 0) is 0 Å². The highest BCUT2D eigenvalue weighted by atomic mass is 79.9. The van der Waals surface area contributed by atoms with Crippen LogP contribution in [0.4, 0.5) is 4.39 Å². The van der Waals surface area contributed by atoms with Crippen LogP contribution in [0, 0.1) is 5.82 Å². The van der Waals surface area contributed by atoms with Gasteiger partial charge in [0.15, 0.2) is 0 Å². The van der Waals surface area contributed by atoms with E-state index in [9.17, 15) is 9.18 Å². The van der Waals surface area contributed by atoms with Crippen molar-refractivity contribution in [2.75, 3.05) is 0 Å². The van der Waals surface area contributed by atoms with Gasteiger partial charge >= 0.3 is 0 Å². The number of carbonyl (C=O) groups is 1. The summed E-state index contributed by atoms with van der Waals surface area (Å²) in [6.45, 7) is 0. The summed E-state index contributed by atoms with van der Waals surface area (Å²) in [5, 5.41) is 5.81. The molecule has 0 fully saturated rings. The lowest BCUT2D eigenvalue weighted by atomic mass is 10.0. The Hall–Kier alpha value is -2.73. The molecule has 0 radical (unpaired) electrons. The maximum Gasteiger partial charge on any atom is 0.277 e. The molecule has 0 saturated heterocycles. The van der Waals surface area contributed by atoms with Gasteiger partial charge in [-0.25, -0.2) is 9.40 Å². The minimum atomic E-state index is -0.563. The lowest BCUT2D eigenvalue weighted by Crippen LogP contribution is -2.27. The zero-order chi connectivity index (χ0) is 18.1. The molecule has 1 aliphatic heterocycles. The van der Waals surface area contributed by atoms with Crippen molar-refractivity contribution in [2.45, 2.75) is 12.5 Å². The molecule has 130 valence electrons. The Bertz CT molecular complexity index is 985. The Kier molecular flexibility index (Phi) is 4.42.